The fourth-order valence-corrected chi connectivity index (χ4v) is 4.88. The minimum absolute atomic E-state index is 0.0645. The van der Waals surface area contributed by atoms with Crippen LogP contribution in [-0.2, 0) is 6.54 Å². The van der Waals surface area contributed by atoms with Crippen LogP contribution in [-0.4, -0.2) is 40.9 Å². The number of hydrogen-bond donors (Lipinski definition) is 0. The SMILES string of the molecule is CCN(CC)c1ncnc2ccc(-c3cccc(CN(C)C(=O)c4sccc4C)c3)cc12. The van der Waals surface area contributed by atoms with Crippen molar-refractivity contribution in [2.24, 2.45) is 0 Å². The van der Waals surface area contributed by atoms with Gasteiger partial charge in [-0.3, -0.25) is 4.79 Å². The summed E-state index contributed by atoms with van der Waals surface area (Å²) in [6, 6.07) is 16.7. The van der Waals surface area contributed by atoms with Crippen molar-refractivity contribution in [1.29, 1.82) is 0 Å². The van der Waals surface area contributed by atoms with Gasteiger partial charge in [-0.1, -0.05) is 24.3 Å². The number of aromatic nitrogens is 2. The molecule has 32 heavy (non-hydrogen) atoms. The van der Waals surface area contributed by atoms with Gasteiger partial charge >= 0.3 is 0 Å². The number of amides is 1. The number of anilines is 1. The standard InChI is InChI=1S/C26H28N4OS/c1-5-30(6-2)25-22-15-21(10-11-23(22)27-17-28-25)20-9-7-8-19(14-20)16-29(4)26(31)24-18(3)12-13-32-24/h7-15,17H,5-6,16H2,1-4H3. The Labute approximate surface area is 193 Å². The number of benzene rings is 2. The van der Waals surface area contributed by atoms with Crippen molar-refractivity contribution in [3.05, 3.63) is 76.2 Å². The monoisotopic (exact) mass is 444 g/mol. The lowest BCUT2D eigenvalue weighted by Gasteiger charge is -2.21. The number of hydrogen-bond acceptors (Lipinski definition) is 5. The zero-order chi connectivity index (χ0) is 22.7. The third kappa shape index (κ3) is 4.36. The van der Waals surface area contributed by atoms with Crippen LogP contribution < -0.4 is 4.90 Å². The van der Waals surface area contributed by atoms with Crippen molar-refractivity contribution in [2.45, 2.75) is 27.3 Å². The molecule has 0 bridgehead atoms. The van der Waals surface area contributed by atoms with E-state index in [0.29, 0.717) is 6.54 Å². The molecule has 5 nitrogen and oxygen atoms in total. The summed E-state index contributed by atoms with van der Waals surface area (Å²) in [7, 11) is 1.86. The highest BCUT2D eigenvalue weighted by Crippen LogP contribution is 2.29. The number of fused-ring (bicyclic) bond motifs is 1. The van der Waals surface area contributed by atoms with Crippen molar-refractivity contribution in [3.8, 4) is 11.1 Å². The first-order chi connectivity index (χ1) is 15.5. The Morgan fingerprint density at radius 2 is 1.78 bits per heavy atom. The maximum atomic E-state index is 12.8. The van der Waals surface area contributed by atoms with Crippen LogP contribution in [0.15, 0.2) is 60.2 Å². The smallest absolute Gasteiger partial charge is 0.264 e. The summed E-state index contributed by atoms with van der Waals surface area (Å²) < 4.78 is 0. The molecule has 0 saturated heterocycles. The van der Waals surface area contributed by atoms with E-state index in [-0.39, 0.29) is 5.91 Å². The minimum Gasteiger partial charge on any atom is -0.357 e. The number of rotatable bonds is 7. The highest BCUT2D eigenvalue weighted by atomic mass is 32.1. The summed E-state index contributed by atoms with van der Waals surface area (Å²) in [6.45, 7) is 8.61. The van der Waals surface area contributed by atoms with E-state index in [1.807, 2.05) is 25.4 Å². The van der Waals surface area contributed by atoms with E-state index in [9.17, 15) is 4.79 Å². The number of carbonyl (C=O) groups excluding carboxylic acids is 1. The van der Waals surface area contributed by atoms with Crippen molar-refractivity contribution in [2.75, 3.05) is 25.0 Å². The van der Waals surface area contributed by atoms with E-state index in [0.717, 1.165) is 56.9 Å². The third-order valence-corrected chi connectivity index (χ3v) is 6.76. The average Bonchev–Trinajstić information content (AvgIpc) is 3.25. The summed E-state index contributed by atoms with van der Waals surface area (Å²) in [5.74, 6) is 1.03. The largest absolute Gasteiger partial charge is 0.357 e. The van der Waals surface area contributed by atoms with Gasteiger partial charge in [-0.25, -0.2) is 9.97 Å². The molecule has 6 heteroatoms. The molecule has 164 valence electrons. The molecule has 1 amide bonds. The first kappa shape index (κ1) is 22.0. The maximum absolute atomic E-state index is 12.8. The van der Waals surface area contributed by atoms with E-state index in [1.54, 1.807) is 11.2 Å². The molecule has 2 aromatic carbocycles. The number of carbonyl (C=O) groups is 1. The van der Waals surface area contributed by atoms with Gasteiger partial charge in [0, 0.05) is 32.1 Å². The molecule has 4 aromatic rings. The Hall–Kier alpha value is -3.25. The molecule has 0 fully saturated rings. The van der Waals surface area contributed by atoms with Crippen LogP contribution in [0.3, 0.4) is 0 Å². The lowest BCUT2D eigenvalue weighted by molar-refractivity contribution is 0.0789. The molecule has 2 aromatic heterocycles. The summed E-state index contributed by atoms with van der Waals surface area (Å²) in [6.07, 6.45) is 1.64. The van der Waals surface area contributed by atoms with Crippen LogP contribution in [0.1, 0.15) is 34.6 Å². The molecule has 2 heterocycles. The van der Waals surface area contributed by atoms with Crippen LogP contribution >= 0.6 is 11.3 Å². The fourth-order valence-electron chi connectivity index (χ4n) is 3.96. The van der Waals surface area contributed by atoms with E-state index in [4.69, 9.17) is 0 Å². The molecule has 0 spiro atoms. The molecule has 0 aliphatic carbocycles. The fraction of sp³-hybridized carbons (Fsp3) is 0.269. The lowest BCUT2D eigenvalue weighted by atomic mass is 10.0. The van der Waals surface area contributed by atoms with Gasteiger partial charge in [0.05, 0.1) is 10.4 Å². The van der Waals surface area contributed by atoms with Crippen LogP contribution in [0.2, 0.25) is 0 Å². The zero-order valence-corrected chi connectivity index (χ0v) is 19.8. The number of aryl methyl sites for hydroxylation is 1. The first-order valence-electron chi connectivity index (χ1n) is 10.9. The molecule has 0 unspecified atom stereocenters. The van der Waals surface area contributed by atoms with Gasteiger partial charge < -0.3 is 9.80 Å². The molecule has 0 N–H and O–H groups in total. The van der Waals surface area contributed by atoms with E-state index in [2.05, 4.69) is 71.2 Å². The van der Waals surface area contributed by atoms with E-state index < -0.39 is 0 Å². The van der Waals surface area contributed by atoms with Gasteiger partial charge in [-0.05, 0) is 72.7 Å². The van der Waals surface area contributed by atoms with Crippen LogP contribution in [0.4, 0.5) is 5.82 Å². The quantitative estimate of drug-likeness (QED) is 0.362. The van der Waals surface area contributed by atoms with Crippen LogP contribution in [0, 0.1) is 6.92 Å². The third-order valence-electron chi connectivity index (χ3n) is 5.76. The van der Waals surface area contributed by atoms with Crippen molar-refractivity contribution < 1.29 is 4.79 Å². The Morgan fingerprint density at radius 1 is 1.00 bits per heavy atom. The zero-order valence-electron chi connectivity index (χ0n) is 19.0. The predicted octanol–water partition coefficient (Wildman–Crippen LogP) is 5.79. The van der Waals surface area contributed by atoms with Crippen LogP contribution in [0.5, 0.6) is 0 Å². The maximum Gasteiger partial charge on any atom is 0.264 e. The molecule has 0 radical (unpaired) electrons. The molecule has 0 aliphatic heterocycles. The highest BCUT2D eigenvalue weighted by Gasteiger charge is 2.16. The predicted molar refractivity (Wildman–Crippen MR) is 133 cm³/mol. The minimum atomic E-state index is 0.0645. The summed E-state index contributed by atoms with van der Waals surface area (Å²) in [5, 5.41) is 3.02. The Kier molecular flexibility index (Phi) is 6.51. The van der Waals surface area contributed by atoms with Crippen molar-refractivity contribution in [3.63, 3.8) is 0 Å². The average molecular weight is 445 g/mol. The summed E-state index contributed by atoms with van der Waals surface area (Å²) in [5.41, 5.74) is 5.31. The van der Waals surface area contributed by atoms with Gasteiger partial charge in [0.15, 0.2) is 0 Å². The van der Waals surface area contributed by atoms with Gasteiger partial charge in [0.2, 0.25) is 0 Å². The Morgan fingerprint density at radius 3 is 2.50 bits per heavy atom. The topological polar surface area (TPSA) is 49.3 Å². The summed E-state index contributed by atoms with van der Waals surface area (Å²) in [4.78, 5) is 26.7. The van der Waals surface area contributed by atoms with Gasteiger partial charge in [-0.15, -0.1) is 11.3 Å². The number of nitrogens with zero attached hydrogens (tertiary/aromatic N) is 4. The number of thiophene rings is 1. The molecule has 0 aliphatic rings. The first-order valence-corrected chi connectivity index (χ1v) is 11.8. The normalized spacial score (nSPS) is 11.0. The van der Waals surface area contributed by atoms with Gasteiger partial charge in [-0.2, -0.15) is 0 Å². The lowest BCUT2D eigenvalue weighted by Crippen LogP contribution is -2.25. The summed E-state index contributed by atoms with van der Waals surface area (Å²) >= 11 is 1.50. The second-order valence-electron chi connectivity index (χ2n) is 7.90. The van der Waals surface area contributed by atoms with Crippen LogP contribution in [0.25, 0.3) is 22.0 Å². The molecular weight excluding hydrogens is 416 g/mol. The van der Waals surface area contributed by atoms with Crippen molar-refractivity contribution >= 4 is 34.0 Å². The van der Waals surface area contributed by atoms with Crippen molar-refractivity contribution in [1.82, 2.24) is 14.9 Å². The highest BCUT2D eigenvalue weighted by molar-refractivity contribution is 7.12. The Balaban J connectivity index is 1.63. The second kappa shape index (κ2) is 9.49. The van der Waals surface area contributed by atoms with E-state index >= 15 is 0 Å². The van der Waals surface area contributed by atoms with E-state index in [1.165, 1.54) is 11.3 Å². The second-order valence-corrected chi connectivity index (χ2v) is 8.81. The van der Waals surface area contributed by atoms with Gasteiger partial charge in [0.25, 0.3) is 5.91 Å². The van der Waals surface area contributed by atoms with Gasteiger partial charge in [0.1, 0.15) is 12.1 Å². The molecular formula is C26H28N4OS. The Bertz CT molecular complexity index is 1250. The molecule has 0 saturated carbocycles. The molecule has 4 rings (SSSR count). The molecule has 0 atom stereocenters.